The number of aliphatic imine (C=N–C) groups is 1. The zero-order valence-corrected chi connectivity index (χ0v) is 17.4. The maximum Gasteiger partial charge on any atom is 0.387 e. The SMILES string of the molecule is CCOc1cccc(CNC(=NC)NCc2cnn(-c3ccccc3)c2)c1OC(F)F. The third kappa shape index (κ3) is 6.18. The van der Waals surface area contributed by atoms with Crippen molar-refractivity contribution in [2.75, 3.05) is 13.7 Å². The first-order chi connectivity index (χ1) is 15.1. The zero-order valence-electron chi connectivity index (χ0n) is 17.4. The first-order valence-electron chi connectivity index (χ1n) is 9.83. The Balaban J connectivity index is 1.61. The summed E-state index contributed by atoms with van der Waals surface area (Å²) in [6, 6.07) is 14.8. The summed E-state index contributed by atoms with van der Waals surface area (Å²) in [5.41, 5.74) is 2.47. The number of alkyl halides is 2. The van der Waals surface area contributed by atoms with Crippen LogP contribution in [0.4, 0.5) is 8.78 Å². The molecule has 0 aliphatic heterocycles. The van der Waals surface area contributed by atoms with Crippen molar-refractivity contribution < 1.29 is 18.3 Å². The smallest absolute Gasteiger partial charge is 0.387 e. The second kappa shape index (κ2) is 11.0. The van der Waals surface area contributed by atoms with Crippen LogP contribution in [0.5, 0.6) is 11.5 Å². The number of nitrogens with one attached hydrogen (secondary N) is 2. The molecular weight excluding hydrogens is 404 g/mol. The molecule has 164 valence electrons. The number of para-hydroxylation sites is 2. The Morgan fingerprint density at radius 3 is 2.58 bits per heavy atom. The topological polar surface area (TPSA) is 72.7 Å². The lowest BCUT2D eigenvalue weighted by Crippen LogP contribution is -2.36. The average Bonchev–Trinajstić information content (AvgIpc) is 3.25. The molecule has 3 rings (SSSR count). The molecule has 0 amide bonds. The Bertz CT molecular complexity index is 993. The van der Waals surface area contributed by atoms with Crippen molar-refractivity contribution in [1.82, 2.24) is 20.4 Å². The second-order valence-electron chi connectivity index (χ2n) is 6.46. The van der Waals surface area contributed by atoms with Gasteiger partial charge in [0.1, 0.15) is 0 Å². The quantitative estimate of drug-likeness (QED) is 0.401. The Hall–Kier alpha value is -3.62. The van der Waals surface area contributed by atoms with Crippen molar-refractivity contribution in [1.29, 1.82) is 0 Å². The Morgan fingerprint density at radius 2 is 1.87 bits per heavy atom. The first-order valence-corrected chi connectivity index (χ1v) is 9.83. The van der Waals surface area contributed by atoms with Crippen LogP contribution in [-0.4, -0.2) is 36.0 Å². The number of ether oxygens (including phenoxy) is 2. The Morgan fingerprint density at radius 1 is 1.10 bits per heavy atom. The number of aromatic nitrogens is 2. The molecule has 2 N–H and O–H groups in total. The molecule has 3 aromatic rings. The van der Waals surface area contributed by atoms with Crippen LogP contribution in [0.15, 0.2) is 65.9 Å². The predicted octanol–water partition coefficient (Wildman–Crippen LogP) is 3.74. The van der Waals surface area contributed by atoms with Crippen molar-refractivity contribution in [3.05, 3.63) is 72.1 Å². The average molecular weight is 429 g/mol. The van der Waals surface area contributed by atoms with Crippen LogP contribution in [0.25, 0.3) is 5.69 Å². The van der Waals surface area contributed by atoms with Crippen LogP contribution in [0, 0.1) is 0 Å². The van der Waals surface area contributed by atoms with Gasteiger partial charge in [0.2, 0.25) is 0 Å². The van der Waals surface area contributed by atoms with Gasteiger partial charge in [-0.05, 0) is 25.1 Å². The van der Waals surface area contributed by atoms with E-state index in [9.17, 15) is 8.78 Å². The number of hydrogen-bond acceptors (Lipinski definition) is 4. The van der Waals surface area contributed by atoms with E-state index >= 15 is 0 Å². The molecule has 0 saturated heterocycles. The Kier molecular flexibility index (Phi) is 7.80. The van der Waals surface area contributed by atoms with Gasteiger partial charge in [-0.25, -0.2) is 4.68 Å². The highest BCUT2D eigenvalue weighted by molar-refractivity contribution is 5.79. The molecule has 9 heteroatoms. The van der Waals surface area contributed by atoms with E-state index in [2.05, 4.69) is 20.7 Å². The molecule has 0 saturated carbocycles. The zero-order chi connectivity index (χ0) is 22.1. The van der Waals surface area contributed by atoms with Gasteiger partial charge in [0, 0.05) is 37.5 Å². The molecular formula is C22H25F2N5O2. The normalized spacial score (nSPS) is 11.5. The fraction of sp³-hybridized carbons (Fsp3) is 0.273. The molecule has 1 heterocycles. The monoisotopic (exact) mass is 429 g/mol. The van der Waals surface area contributed by atoms with E-state index in [4.69, 9.17) is 9.47 Å². The van der Waals surface area contributed by atoms with Crippen molar-refractivity contribution in [3.63, 3.8) is 0 Å². The van der Waals surface area contributed by atoms with E-state index in [1.165, 1.54) is 0 Å². The van der Waals surface area contributed by atoms with E-state index in [1.807, 2.05) is 36.5 Å². The summed E-state index contributed by atoms with van der Waals surface area (Å²) in [6.07, 6.45) is 3.70. The van der Waals surface area contributed by atoms with Crippen LogP contribution in [0.1, 0.15) is 18.1 Å². The molecule has 0 bridgehead atoms. The van der Waals surface area contributed by atoms with Crippen molar-refractivity contribution in [3.8, 4) is 17.2 Å². The van der Waals surface area contributed by atoms with Crippen LogP contribution in [-0.2, 0) is 13.1 Å². The highest BCUT2D eigenvalue weighted by Gasteiger charge is 2.16. The molecule has 0 fully saturated rings. The summed E-state index contributed by atoms with van der Waals surface area (Å²) in [5, 5.41) is 10.7. The minimum atomic E-state index is -2.95. The number of guanidine groups is 1. The fourth-order valence-corrected chi connectivity index (χ4v) is 2.95. The predicted molar refractivity (Wildman–Crippen MR) is 115 cm³/mol. The molecule has 0 radical (unpaired) electrons. The van der Waals surface area contributed by atoms with Crippen LogP contribution in [0.2, 0.25) is 0 Å². The summed E-state index contributed by atoms with van der Waals surface area (Å²) in [5.74, 6) is 0.807. The molecule has 7 nitrogen and oxygen atoms in total. The van der Waals surface area contributed by atoms with Crippen molar-refractivity contribution in [2.24, 2.45) is 4.99 Å². The summed E-state index contributed by atoms with van der Waals surface area (Å²) < 4.78 is 37.7. The third-order valence-electron chi connectivity index (χ3n) is 4.35. The summed E-state index contributed by atoms with van der Waals surface area (Å²) in [6.45, 7) is -0.101. The number of hydrogen-bond donors (Lipinski definition) is 2. The molecule has 0 aliphatic rings. The Labute approximate surface area is 179 Å². The first kappa shape index (κ1) is 22.1. The van der Waals surface area contributed by atoms with E-state index in [-0.39, 0.29) is 18.0 Å². The molecule has 1 aromatic heterocycles. The lowest BCUT2D eigenvalue weighted by molar-refractivity contribution is -0.0520. The second-order valence-corrected chi connectivity index (χ2v) is 6.46. The van der Waals surface area contributed by atoms with Gasteiger partial charge < -0.3 is 20.1 Å². The van der Waals surface area contributed by atoms with Gasteiger partial charge in [0.25, 0.3) is 0 Å². The highest BCUT2D eigenvalue weighted by atomic mass is 19.3. The van der Waals surface area contributed by atoms with Crippen LogP contribution in [0.3, 0.4) is 0 Å². The summed E-state index contributed by atoms with van der Waals surface area (Å²) in [4.78, 5) is 4.18. The van der Waals surface area contributed by atoms with Gasteiger partial charge in [0.15, 0.2) is 17.5 Å². The van der Waals surface area contributed by atoms with E-state index < -0.39 is 6.61 Å². The maximum atomic E-state index is 12.9. The standard InChI is InChI=1S/C22H25F2N5O2/c1-3-30-19-11-7-8-17(20(19)31-21(23)24)14-27-22(25-2)26-12-16-13-28-29(15-16)18-9-5-4-6-10-18/h4-11,13,15,21H,3,12,14H2,1-2H3,(H2,25,26,27). The maximum absolute atomic E-state index is 12.9. The molecule has 0 unspecified atom stereocenters. The van der Waals surface area contributed by atoms with Crippen LogP contribution >= 0.6 is 0 Å². The van der Waals surface area contributed by atoms with Gasteiger partial charge in [-0.15, -0.1) is 0 Å². The fourth-order valence-electron chi connectivity index (χ4n) is 2.95. The number of halogens is 2. The van der Waals surface area contributed by atoms with Crippen molar-refractivity contribution in [2.45, 2.75) is 26.6 Å². The number of nitrogens with zero attached hydrogens (tertiary/aromatic N) is 3. The molecule has 0 spiro atoms. The highest BCUT2D eigenvalue weighted by Crippen LogP contribution is 2.32. The molecule has 0 atom stereocenters. The van der Waals surface area contributed by atoms with E-state index in [1.54, 1.807) is 43.0 Å². The van der Waals surface area contributed by atoms with Gasteiger partial charge in [0.05, 0.1) is 18.5 Å². The molecule has 0 aliphatic carbocycles. The summed E-state index contributed by atoms with van der Waals surface area (Å²) in [7, 11) is 1.63. The van der Waals surface area contributed by atoms with Gasteiger partial charge >= 0.3 is 6.61 Å². The third-order valence-corrected chi connectivity index (χ3v) is 4.35. The molecule has 2 aromatic carbocycles. The molecule has 31 heavy (non-hydrogen) atoms. The van der Waals surface area contributed by atoms with E-state index in [0.717, 1.165) is 11.3 Å². The van der Waals surface area contributed by atoms with Gasteiger partial charge in [-0.2, -0.15) is 13.9 Å². The summed E-state index contributed by atoms with van der Waals surface area (Å²) >= 11 is 0. The largest absolute Gasteiger partial charge is 0.490 e. The lowest BCUT2D eigenvalue weighted by Gasteiger charge is -2.17. The minimum absolute atomic E-state index is 0.0199. The lowest BCUT2D eigenvalue weighted by atomic mass is 10.2. The van der Waals surface area contributed by atoms with Gasteiger partial charge in [-0.3, -0.25) is 4.99 Å². The minimum Gasteiger partial charge on any atom is -0.490 e. The number of rotatable bonds is 9. The van der Waals surface area contributed by atoms with Crippen molar-refractivity contribution >= 4 is 5.96 Å². The number of benzene rings is 2. The van der Waals surface area contributed by atoms with Crippen LogP contribution < -0.4 is 20.1 Å². The van der Waals surface area contributed by atoms with E-state index in [0.29, 0.717) is 24.7 Å². The van der Waals surface area contributed by atoms with Gasteiger partial charge in [-0.1, -0.05) is 30.3 Å².